The Morgan fingerprint density at radius 3 is 2.38 bits per heavy atom. The number of amides is 2. The summed E-state index contributed by atoms with van der Waals surface area (Å²) in [6.45, 7) is 2.09. The number of hydrazone groups is 1. The van der Waals surface area contributed by atoms with Crippen LogP contribution >= 0.6 is 0 Å². The van der Waals surface area contributed by atoms with Gasteiger partial charge < -0.3 is 5.32 Å². The van der Waals surface area contributed by atoms with Gasteiger partial charge >= 0.3 is 0 Å². The lowest BCUT2D eigenvalue weighted by molar-refractivity contribution is -0.116. The van der Waals surface area contributed by atoms with E-state index in [0.717, 1.165) is 19.3 Å². The van der Waals surface area contributed by atoms with Crippen LogP contribution < -0.4 is 10.7 Å². The van der Waals surface area contributed by atoms with Gasteiger partial charge in [0.15, 0.2) is 0 Å². The number of carbonyl (C=O) groups excluding carboxylic acids is 2. The number of nitrogens with zero attached hydrogens (tertiary/aromatic N) is 1. The first-order valence-corrected chi connectivity index (χ1v) is 8.57. The van der Waals surface area contributed by atoms with Gasteiger partial charge in [0.05, 0.1) is 6.21 Å². The molecule has 0 aromatic heterocycles. The summed E-state index contributed by atoms with van der Waals surface area (Å²) in [4.78, 5) is 23.8. The Hall–Kier alpha value is -3.02. The Bertz CT molecular complexity index is 756. The minimum atomic E-state index is -0.371. The molecular weight excluding hydrogens is 333 g/mol. The van der Waals surface area contributed by atoms with Crippen molar-refractivity contribution in [2.75, 3.05) is 5.32 Å². The van der Waals surface area contributed by atoms with Crippen molar-refractivity contribution < 1.29 is 14.0 Å². The molecule has 0 radical (unpaired) electrons. The molecule has 0 spiro atoms. The number of halogens is 1. The van der Waals surface area contributed by atoms with Crippen molar-refractivity contribution in [3.63, 3.8) is 0 Å². The maximum Gasteiger partial charge on any atom is 0.271 e. The summed E-state index contributed by atoms with van der Waals surface area (Å²) in [5.74, 6) is -0.729. The van der Waals surface area contributed by atoms with Crippen molar-refractivity contribution >= 4 is 23.7 Å². The van der Waals surface area contributed by atoms with Crippen LogP contribution in [0.4, 0.5) is 10.1 Å². The molecule has 2 rings (SSSR count). The second kappa shape index (κ2) is 10.1. The van der Waals surface area contributed by atoms with E-state index >= 15 is 0 Å². The van der Waals surface area contributed by atoms with Crippen LogP contribution in [0.2, 0.25) is 0 Å². The summed E-state index contributed by atoms with van der Waals surface area (Å²) >= 11 is 0. The largest absolute Gasteiger partial charge is 0.326 e. The van der Waals surface area contributed by atoms with Crippen LogP contribution in [0, 0.1) is 5.82 Å². The van der Waals surface area contributed by atoms with E-state index in [-0.39, 0.29) is 17.6 Å². The molecule has 0 aliphatic heterocycles. The highest BCUT2D eigenvalue weighted by molar-refractivity contribution is 5.96. The fraction of sp³-hybridized carbons (Fsp3) is 0.250. The lowest BCUT2D eigenvalue weighted by Crippen LogP contribution is -2.17. The van der Waals surface area contributed by atoms with Crippen LogP contribution in [0.1, 0.15) is 48.5 Å². The summed E-state index contributed by atoms with van der Waals surface area (Å²) in [6, 6.07) is 12.3. The molecule has 0 aliphatic carbocycles. The minimum Gasteiger partial charge on any atom is -0.326 e. The lowest BCUT2D eigenvalue weighted by atomic mass is 10.1. The smallest absolute Gasteiger partial charge is 0.271 e. The SMILES string of the molecule is CCCCCC(=O)Nc1ccc(C(=O)NN=Cc2ccc(F)cc2)cc1. The predicted octanol–water partition coefficient (Wildman–Crippen LogP) is 4.11. The van der Waals surface area contributed by atoms with E-state index in [2.05, 4.69) is 22.8 Å². The van der Waals surface area contributed by atoms with Crippen molar-refractivity contribution in [1.29, 1.82) is 0 Å². The van der Waals surface area contributed by atoms with Crippen LogP contribution in [0.3, 0.4) is 0 Å². The number of nitrogens with one attached hydrogen (secondary N) is 2. The molecule has 0 fully saturated rings. The summed E-state index contributed by atoms with van der Waals surface area (Å²) in [5.41, 5.74) is 4.15. The van der Waals surface area contributed by atoms with Gasteiger partial charge in [-0.25, -0.2) is 9.82 Å². The number of rotatable bonds is 8. The quantitative estimate of drug-likeness (QED) is 0.425. The zero-order chi connectivity index (χ0) is 18.8. The molecule has 136 valence electrons. The van der Waals surface area contributed by atoms with E-state index < -0.39 is 0 Å². The van der Waals surface area contributed by atoms with Gasteiger partial charge in [-0.05, 0) is 48.4 Å². The molecule has 6 heteroatoms. The molecule has 2 N–H and O–H groups in total. The number of hydrogen-bond donors (Lipinski definition) is 2. The van der Waals surface area contributed by atoms with E-state index in [1.807, 2.05) is 0 Å². The monoisotopic (exact) mass is 355 g/mol. The minimum absolute atomic E-state index is 0.0282. The highest BCUT2D eigenvalue weighted by Crippen LogP contribution is 2.11. The standard InChI is InChI=1S/C20H22FN3O2/c1-2-3-4-5-19(25)23-18-12-8-16(9-13-18)20(26)24-22-14-15-6-10-17(21)11-7-15/h6-14H,2-5H2,1H3,(H,23,25)(H,24,26). The fourth-order valence-electron chi connectivity index (χ4n) is 2.24. The molecule has 0 saturated heterocycles. The van der Waals surface area contributed by atoms with Crippen LogP contribution in [0.25, 0.3) is 0 Å². The van der Waals surface area contributed by atoms with Crippen molar-refractivity contribution in [3.8, 4) is 0 Å². The van der Waals surface area contributed by atoms with Crippen LogP contribution in [0.15, 0.2) is 53.6 Å². The van der Waals surface area contributed by atoms with Gasteiger partial charge in [-0.1, -0.05) is 31.9 Å². The third kappa shape index (κ3) is 6.47. The van der Waals surface area contributed by atoms with E-state index in [1.54, 1.807) is 36.4 Å². The van der Waals surface area contributed by atoms with Gasteiger partial charge in [-0.2, -0.15) is 5.10 Å². The van der Waals surface area contributed by atoms with E-state index in [9.17, 15) is 14.0 Å². The zero-order valence-corrected chi connectivity index (χ0v) is 14.7. The van der Waals surface area contributed by atoms with Crippen LogP contribution in [0.5, 0.6) is 0 Å². The molecule has 0 bridgehead atoms. The molecule has 0 aliphatic rings. The Morgan fingerprint density at radius 1 is 1.04 bits per heavy atom. The lowest BCUT2D eigenvalue weighted by Gasteiger charge is -2.06. The average molecular weight is 355 g/mol. The van der Waals surface area contributed by atoms with Crippen LogP contribution in [-0.2, 0) is 4.79 Å². The molecule has 2 aromatic rings. The van der Waals surface area contributed by atoms with Crippen molar-refractivity contribution in [1.82, 2.24) is 5.43 Å². The van der Waals surface area contributed by atoms with E-state index in [4.69, 9.17) is 0 Å². The molecule has 0 atom stereocenters. The maximum atomic E-state index is 12.8. The predicted molar refractivity (Wildman–Crippen MR) is 101 cm³/mol. The Balaban J connectivity index is 1.84. The van der Waals surface area contributed by atoms with Gasteiger partial charge in [0, 0.05) is 17.7 Å². The van der Waals surface area contributed by atoms with Crippen LogP contribution in [-0.4, -0.2) is 18.0 Å². The summed E-state index contributed by atoms with van der Waals surface area (Å²) in [5, 5.41) is 6.65. The van der Waals surface area contributed by atoms with Crippen molar-refractivity contribution in [3.05, 3.63) is 65.5 Å². The summed E-state index contributed by atoms with van der Waals surface area (Å²) in [7, 11) is 0. The molecular formula is C20H22FN3O2. The topological polar surface area (TPSA) is 70.6 Å². The number of benzene rings is 2. The number of hydrogen-bond acceptors (Lipinski definition) is 3. The highest BCUT2D eigenvalue weighted by Gasteiger charge is 2.06. The van der Waals surface area contributed by atoms with Gasteiger partial charge in [-0.3, -0.25) is 9.59 Å². The maximum absolute atomic E-state index is 12.8. The number of carbonyl (C=O) groups is 2. The van der Waals surface area contributed by atoms with E-state index in [1.165, 1.54) is 18.3 Å². The highest BCUT2D eigenvalue weighted by atomic mass is 19.1. The normalized spacial score (nSPS) is 10.7. The molecule has 26 heavy (non-hydrogen) atoms. The van der Waals surface area contributed by atoms with Crippen molar-refractivity contribution in [2.45, 2.75) is 32.6 Å². The van der Waals surface area contributed by atoms with Gasteiger partial charge in [0.25, 0.3) is 5.91 Å². The Labute approximate surface area is 152 Å². The second-order valence-electron chi connectivity index (χ2n) is 5.83. The molecule has 0 unspecified atom stereocenters. The Morgan fingerprint density at radius 2 is 1.73 bits per heavy atom. The third-order valence-corrected chi connectivity index (χ3v) is 3.69. The Kier molecular flexibility index (Phi) is 7.49. The average Bonchev–Trinajstić information content (AvgIpc) is 2.64. The first-order valence-electron chi connectivity index (χ1n) is 8.57. The first kappa shape index (κ1) is 19.3. The van der Waals surface area contributed by atoms with Gasteiger partial charge in [0.1, 0.15) is 5.82 Å². The molecule has 0 heterocycles. The molecule has 0 saturated carbocycles. The van der Waals surface area contributed by atoms with Gasteiger partial charge in [-0.15, -0.1) is 0 Å². The second-order valence-corrected chi connectivity index (χ2v) is 5.83. The first-order chi connectivity index (χ1) is 12.6. The zero-order valence-electron chi connectivity index (χ0n) is 14.7. The number of anilines is 1. The van der Waals surface area contributed by atoms with E-state index in [0.29, 0.717) is 23.2 Å². The van der Waals surface area contributed by atoms with Gasteiger partial charge in [0.2, 0.25) is 5.91 Å². The molecule has 2 amide bonds. The third-order valence-electron chi connectivity index (χ3n) is 3.69. The number of unbranched alkanes of at least 4 members (excludes halogenated alkanes) is 2. The molecule has 5 nitrogen and oxygen atoms in total. The fourth-order valence-corrected chi connectivity index (χ4v) is 2.24. The summed E-state index contributed by atoms with van der Waals surface area (Å²) < 4.78 is 12.8. The summed E-state index contributed by atoms with van der Waals surface area (Å²) in [6.07, 6.45) is 4.90. The molecule has 2 aromatic carbocycles. The van der Waals surface area contributed by atoms with Crippen molar-refractivity contribution in [2.24, 2.45) is 5.10 Å².